The van der Waals surface area contributed by atoms with Gasteiger partial charge in [-0.05, 0) is 30.7 Å². The molecule has 1 aromatic carbocycles. The van der Waals surface area contributed by atoms with E-state index in [2.05, 4.69) is 5.32 Å². The first-order valence-electron chi connectivity index (χ1n) is 5.77. The highest BCUT2D eigenvalue weighted by Gasteiger charge is 2.01. The summed E-state index contributed by atoms with van der Waals surface area (Å²) in [5, 5.41) is 12.6. The van der Waals surface area contributed by atoms with Crippen molar-refractivity contribution < 1.29 is 14.6 Å². The lowest BCUT2D eigenvalue weighted by molar-refractivity contribution is 0.0648. The first-order valence-corrected chi connectivity index (χ1v) is 5.77. The Bertz CT molecular complexity index is 300. The first kappa shape index (κ1) is 14.0. The van der Waals surface area contributed by atoms with E-state index in [0.717, 1.165) is 18.7 Å². The minimum atomic E-state index is -0.434. The Morgan fingerprint density at radius 2 is 1.94 bits per heavy atom. The molecule has 0 heterocycles. The van der Waals surface area contributed by atoms with Gasteiger partial charge in [0.25, 0.3) is 0 Å². The second-order valence-electron chi connectivity index (χ2n) is 3.91. The molecule has 0 aliphatic rings. The topological polar surface area (TPSA) is 50.7 Å². The van der Waals surface area contributed by atoms with Crippen LogP contribution in [0.4, 0.5) is 0 Å². The summed E-state index contributed by atoms with van der Waals surface area (Å²) in [5.74, 6) is 0.872. The lowest BCUT2D eigenvalue weighted by Crippen LogP contribution is -2.31. The van der Waals surface area contributed by atoms with E-state index in [1.54, 1.807) is 14.2 Å². The van der Waals surface area contributed by atoms with Crippen LogP contribution in [0.15, 0.2) is 24.3 Å². The van der Waals surface area contributed by atoms with Gasteiger partial charge < -0.3 is 19.9 Å². The van der Waals surface area contributed by atoms with E-state index < -0.39 is 6.10 Å². The molecule has 0 amide bonds. The van der Waals surface area contributed by atoms with Gasteiger partial charge in [-0.2, -0.15) is 0 Å². The van der Waals surface area contributed by atoms with Gasteiger partial charge in [0.15, 0.2) is 0 Å². The molecule has 1 atom stereocenters. The summed E-state index contributed by atoms with van der Waals surface area (Å²) in [6, 6.07) is 8.00. The van der Waals surface area contributed by atoms with E-state index in [1.165, 1.54) is 5.56 Å². The average Bonchev–Trinajstić information content (AvgIpc) is 2.36. The van der Waals surface area contributed by atoms with Crippen molar-refractivity contribution in [2.75, 3.05) is 33.9 Å². The number of ether oxygens (including phenoxy) is 2. The molecule has 1 unspecified atom stereocenters. The van der Waals surface area contributed by atoms with Gasteiger partial charge in [0.05, 0.1) is 19.8 Å². The third kappa shape index (κ3) is 5.68. The molecule has 0 bridgehead atoms. The van der Waals surface area contributed by atoms with Crippen LogP contribution in [0.2, 0.25) is 0 Å². The molecular formula is C13H21NO3. The van der Waals surface area contributed by atoms with Crippen LogP contribution in [-0.4, -0.2) is 45.1 Å². The zero-order valence-corrected chi connectivity index (χ0v) is 10.5. The van der Waals surface area contributed by atoms with Crippen molar-refractivity contribution in [3.8, 4) is 5.75 Å². The third-order valence-electron chi connectivity index (χ3n) is 2.49. The molecule has 2 N–H and O–H groups in total. The van der Waals surface area contributed by atoms with E-state index in [1.807, 2.05) is 24.3 Å². The number of aliphatic hydroxyl groups excluding tert-OH is 1. The molecular weight excluding hydrogens is 218 g/mol. The smallest absolute Gasteiger partial charge is 0.118 e. The minimum Gasteiger partial charge on any atom is -0.497 e. The van der Waals surface area contributed by atoms with Crippen LogP contribution in [0.5, 0.6) is 5.75 Å². The SMILES string of the molecule is COCC(O)CNCCc1ccc(OC)cc1. The molecule has 0 spiro atoms. The maximum Gasteiger partial charge on any atom is 0.118 e. The van der Waals surface area contributed by atoms with E-state index in [4.69, 9.17) is 9.47 Å². The lowest BCUT2D eigenvalue weighted by Gasteiger charge is -2.10. The van der Waals surface area contributed by atoms with Gasteiger partial charge in [0, 0.05) is 13.7 Å². The van der Waals surface area contributed by atoms with Crippen molar-refractivity contribution in [3.05, 3.63) is 29.8 Å². The maximum absolute atomic E-state index is 9.41. The summed E-state index contributed by atoms with van der Waals surface area (Å²) >= 11 is 0. The number of benzene rings is 1. The van der Waals surface area contributed by atoms with Crippen molar-refractivity contribution in [2.24, 2.45) is 0 Å². The summed E-state index contributed by atoms with van der Waals surface area (Å²) in [6.07, 6.45) is 0.500. The van der Waals surface area contributed by atoms with Crippen LogP contribution >= 0.6 is 0 Å². The highest BCUT2D eigenvalue weighted by atomic mass is 16.5. The van der Waals surface area contributed by atoms with Gasteiger partial charge >= 0.3 is 0 Å². The number of hydrogen-bond acceptors (Lipinski definition) is 4. The Kier molecular flexibility index (Phi) is 6.62. The molecule has 96 valence electrons. The standard InChI is InChI=1S/C13H21NO3/c1-16-10-12(15)9-14-8-7-11-3-5-13(17-2)6-4-11/h3-6,12,14-15H,7-10H2,1-2H3. The van der Waals surface area contributed by atoms with Crippen LogP contribution in [0.1, 0.15) is 5.56 Å². The second kappa shape index (κ2) is 8.06. The summed E-state index contributed by atoms with van der Waals surface area (Å²) in [7, 11) is 3.24. The molecule has 17 heavy (non-hydrogen) atoms. The average molecular weight is 239 g/mol. The van der Waals surface area contributed by atoms with E-state index in [0.29, 0.717) is 13.2 Å². The van der Waals surface area contributed by atoms with E-state index >= 15 is 0 Å². The van der Waals surface area contributed by atoms with Crippen LogP contribution in [0.3, 0.4) is 0 Å². The van der Waals surface area contributed by atoms with E-state index in [-0.39, 0.29) is 0 Å². The molecule has 1 aromatic rings. The fourth-order valence-corrected chi connectivity index (χ4v) is 1.54. The predicted octanol–water partition coefficient (Wildman–Crippen LogP) is 0.835. The van der Waals surface area contributed by atoms with Gasteiger partial charge in [-0.3, -0.25) is 0 Å². The molecule has 4 heteroatoms. The number of methoxy groups -OCH3 is 2. The van der Waals surface area contributed by atoms with Crippen molar-refractivity contribution in [2.45, 2.75) is 12.5 Å². The highest BCUT2D eigenvalue weighted by Crippen LogP contribution is 2.11. The van der Waals surface area contributed by atoms with Gasteiger partial charge in [0.2, 0.25) is 0 Å². The Hall–Kier alpha value is -1.10. The number of hydrogen-bond donors (Lipinski definition) is 2. The molecule has 0 radical (unpaired) electrons. The fourth-order valence-electron chi connectivity index (χ4n) is 1.54. The first-order chi connectivity index (χ1) is 8.26. The van der Waals surface area contributed by atoms with Gasteiger partial charge in [-0.25, -0.2) is 0 Å². The zero-order chi connectivity index (χ0) is 12.5. The Morgan fingerprint density at radius 1 is 1.24 bits per heavy atom. The third-order valence-corrected chi connectivity index (χ3v) is 2.49. The predicted molar refractivity (Wildman–Crippen MR) is 67.5 cm³/mol. The van der Waals surface area contributed by atoms with E-state index in [9.17, 15) is 5.11 Å². The molecule has 0 saturated heterocycles. The number of nitrogens with one attached hydrogen (secondary N) is 1. The Morgan fingerprint density at radius 3 is 2.53 bits per heavy atom. The molecule has 0 aliphatic carbocycles. The second-order valence-corrected chi connectivity index (χ2v) is 3.91. The van der Waals surface area contributed by atoms with Gasteiger partial charge in [-0.15, -0.1) is 0 Å². The molecule has 0 fully saturated rings. The number of rotatable bonds is 8. The van der Waals surface area contributed by atoms with Crippen molar-refractivity contribution >= 4 is 0 Å². The quantitative estimate of drug-likeness (QED) is 0.660. The molecule has 0 aliphatic heterocycles. The molecule has 0 aromatic heterocycles. The normalized spacial score (nSPS) is 12.4. The van der Waals surface area contributed by atoms with Crippen LogP contribution in [0.25, 0.3) is 0 Å². The Labute approximate surface area is 103 Å². The minimum absolute atomic E-state index is 0.371. The lowest BCUT2D eigenvalue weighted by atomic mass is 10.1. The molecule has 4 nitrogen and oxygen atoms in total. The fraction of sp³-hybridized carbons (Fsp3) is 0.538. The summed E-state index contributed by atoms with van der Waals surface area (Å²) in [5.41, 5.74) is 1.25. The van der Waals surface area contributed by atoms with Crippen molar-refractivity contribution in [1.82, 2.24) is 5.32 Å². The van der Waals surface area contributed by atoms with Crippen molar-refractivity contribution in [1.29, 1.82) is 0 Å². The number of aliphatic hydroxyl groups is 1. The maximum atomic E-state index is 9.41. The summed E-state index contributed by atoms with van der Waals surface area (Å²) < 4.78 is 9.93. The molecule has 0 saturated carbocycles. The monoisotopic (exact) mass is 239 g/mol. The zero-order valence-electron chi connectivity index (χ0n) is 10.5. The Balaban J connectivity index is 2.17. The summed E-state index contributed by atoms with van der Waals surface area (Å²) in [4.78, 5) is 0. The summed E-state index contributed by atoms with van der Waals surface area (Å²) in [6.45, 7) is 1.77. The van der Waals surface area contributed by atoms with Crippen molar-refractivity contribution in [3.63, 3.8) is 0 Å². The van der Waals surface area contributed by atoms with Gasteiger partial charge in [0.1, 0.15) is 5.75 Å². The van der Waals surface area contributed by atoms with Gasteiger partial charge in [-0.1, -0.05) is 12.1 Å². The van der Waals surface area contributed by atoms with Crippen LogP contribution < -0.4 is 10.1 Å². The van der Waals surface area contributed by atoms with Crippen LogP contribution in [0, 0.1) is 0 Å². The van der Waals surface area contributed by atoms with Crippen LogP contribution in [-0.2, 0) is 11.2 Å². The highest BCUT2D eigenvalue weighted by molar-refractivity contribution is 5.27. The largest absolute Gasteiger partial charge is 0.497 e. The molecule has 1 rings (SSSR count).